The number of imide groups is 1. The molecule has 29 heavy (non-hydrogen) atoms. The molecule has 3 atom stereocenters. The predicted molar refractivity (Wildman–Crippen MR) is 104 cm³/mol. The van der Waals surface area contributed by atoms with Crippen LogP contribution in [0.1, 0.15) is 60.4 Å². The van der Waals surface area contributed by atoms with Crippen molar-refractivity contribution < 1.29 is 23.9 Å². The third kappa shape index (κ3) is 3.32. The summed E-state index contributed by atoms with van der Waals surface area (Å²) in [5.41, 5.74) is 2.47. The second-order valence-electron chi connectivity index (χ2n) is 8.30. The summed E-state index contributed by atoms with van der Waals surface area (Å²) in [5, 5.41) is 0. The summed E-state index contributed by atoms with van der Waals surface area (Å²) >= 11 is 0. The van der Waals surface area contributed by atoms with Gasteiger partial charge in [-0.1, -0.05) is 12.2 Å². The van der Waals surface area contributed by atoms with Gasteiger partial charge in [-0.25, -0.2) is 4.79 Å². The lowest BCUT2D eigenvalue weighted by atomic mass is 9.85. The second kappa shape index (κ2) is 7.28. The number of carbonyl (C=O) groups is 4. The van der Waals surface area contributed by atoms with Gasteiger partial charge < -0.3 is 9.30 Å². The number of rotatable bonds is 6. The maximum Gasteiger partial charge on any atom is 0.329 e. The minimum Gasteiger partial charge on any atom is -0.456 e. The topological polar surface area (TPSA) is 85.7 Å². The molecule has 3 aliphatic rings. The fourth-order valence-corrected chi connectivity index (χ4v) is 4.60. The van der Waals surface area contributed by atoms with Gasteiger partial charge in [0.2, 0.25) is 17.6 Å². The number of fused-ring (bicyclic) bond motifs is 1. The van der Waals surface area contributed by atoms with Crippen LogP contribution in [-0.4, -0.2) is 45.7 Å². The fourth-order valence-electron chi connectivity index (χ4n) is 4.60. The molecule has 1 saturated heterocycles. The van der Waals surface area contributed by atoms with E-state index in [0.29, 0.717) is 24.4 Å². The SMILES string of the molecule is Cc1cc(C(=O)COC(=O)[C@H](C)N2C(=O)[C@H]3CC=CC[C@H]3C2=O)c(C)n1C1CC1. The Morgan fingerprint density at radius 3 is 2.24 bits per heavy atom. The molecule has 7 heteroatoms. The van der Waals surface area contributed by atoms with E-state index in [1.807, 2.05) is 32.1 Å². The van der Waals surface area contributed by atoms with Gasteiger partial charge in [0, 0.05) is 23.0 Å². The molecule has 1 saturated carbocycles. The van der Waals surface area contributed by atoms with Crippen LogP contribution in [0.4, 0.5) is 0 Å². The molecule has 0 spiro atoms. The van der Waals surface area contributed by atoms with Crippen LogP contribution in [0, 0.1) is 25.7 Å². The number of carbonyl (C=O) groups excluding carboxylic acids is 4. The van der Waals surface area contributed by atoms with Crippen LogP contribution in [0.15, 0.2) is 18.2 Å². The number of aromatic nitrogens is 1. The Bertz CT molecular complexity index is 898. The van der Waals surface area contributed by atoms with Crippen molar-refractivity contribution in [2.75, 3.05) is 6.61 Å². The minimum absolute atomic E-state index is 0.275. The van der Waals surface area contributed by atoms with Gasteiger partial charge in [-0.15, -0.1) is 0 Å². The van der Waals surface area contributed by atoms with E-state index in [9.17, 15) is 19.2 Å². The highest BCUT2D eigenvalue weighted by Crippen LogP contribution is 2.38. The van der Waals surface area contributed by atoms with E-state index in [1.54, 1.807) is 0 Å². The summed E-state index contributed by atoms with van der Waals surface area (Å²) in [6.07, 6.45) is 7.06. The molecule has 1 aromatic heterocycles. The van der Waals surface area contributed by atoms with Crippen LogP contribution < -0.4 is 0 Å². The number of allylic oxidation sites excluding steroid dienone is 2. The predicted octanol–water partition coefficient (Wildman–Crippen LogP) is 2.51. The van der Waals surface area contributed by atoms with Gasteiger partial charge in [0.1, 0.15) is 6.04 Å². The molecule has 154 valence electrons. The van der Waals surface area contributed by atoms with Gasteiger partial charge in [-0.3, -0.25) is 19.3 Å². The molecular formula is C22H26N2O5. The van der Waals surface area contributed by atoms with Crippen molar-refractivity contribution in [3.63, 3.8) is 0 Å². The first-order valence-corrected chi connectivity index (χ1v) is 10.2. The smallest absolute Gasteiger partial charge is 0.329 e. The zero-order valence-electron chi connectivity index (χ0n) is 17.0. The van der Waals surface area contributed by atoms with Gasteiger partial charge in [-0.2, -0.15) is 0 Å². The highest BCUT2D eigenvalue weighted by molar-refractivity contribution is 6.08. The summed E-state index contributed by atoms with van der Waals surface area (Å²) < 4.78 is 7.36. The lowest BCUT2D eigenvalue weighted by Gasteiger charge is -2.21. The van der Waals surface area contributed by atoms with Crippen LogP contribution in [-0.2, 0) is 19.1 Å². The summed E-state index contributed by atoms with van der Waals surface area (Å²) in [4.78, 5) is 51.3. The van der Waals surface area contributed by atoms with E-state index < -0.39 is 30.5 Å². The maximum atomic E-state index is 12.6. The highest BCUT2D eigenvalue weighted by atomic mass is 16.5. The summed E-state index contributed by atoms with van der Waals surface area (Å²) in [6, 6.07) is 1.26. The van der Waals surface area contributed by atoms with Crippen molar-refractivity contribution in [1.82, 2.24) is 9.47 Å². The Balaban J connectivity index is 1.40. The molecule has 0 unspecified atom stereocenters. The van der Waals surface area contributed by atoms with Crippen LogP contribution in [0.3, 0.4) is 0 Å². The van der Waals surface area contributed by atoms with Crippen LogP contribution in [0.5, 0.6) is 0 Å². The van der Waals surface area contributed by atoms with Crippen molar-refractivity contribution in [1.29, 1.82) is 0 Å². The van der Waals surface area contributed by atoms with E-state index in [4.69, 9.17) is 4.74 Å². The molecule has 2 amide bonds. The molecule has 7 nitrogen and oxygen atoms in total. The third-order valence-corrected chi connectivity index (χ3v) is 6.31. The number of amides is 2. The van der Waals surface area contributed by atoms with Crippen LogP contribution in [0.2, 0.25) is 0 Å². The summed E-state index contributed by atoms with van der Waals surface area (Å²) in [6.45, 7) is 4.95. The highest BCUT2D eigenvalue weighted by Gasteiger charge is 2.50. The van der Waals surface area contributed by atoms with Crippen molar-refractivity contribution in [2.45, 2.75) is 58.5 Å². The maximum absolute atomic E-state index is 12.6. The first kappa shape index (κ1) is 19.6. The summed E-state index contributed by atoms with van der Waals surface area (Å²) in [5.74, 6) is -2.44. The van der Waals surface area contributed by atoms with Crippen molar-refractivity contribution in [3.8, 4) is 0 Å². The number of hydrogen-bond donors (Lipinski definition) is 0. The number of ether oxygens (including phenoxy) is 1. The molecule has 0 aromatic carbocycles. The molecule has 0 bridgehead atoms. The third-order valence-electron chi connectivity index (χ3n) is 6.31. The quantitative estimate of drug-likeness (QED) is 0.318. The lowest BCUT2D eigenvalue weighted by Crippen LogP contribution is -2.44. The summed E-state index contributed by atoms with van der Waals surface area (Å²) in [7, 11) is 0. The number of ketones is 1. The Hall–Kier alpha value is -2.70. The molecule has 0 N–H and O–H groups in total. The molecular weight excluding hydrogens is 372 g/mol. The van der Waals surface area contributed by atoms with Gasteiger partial charge in [-0.05, 0) is 52.5 Å². The van der Waals surface area contributed by atoms with E-state index in [2.05, 4.69) is 4.57 Å². The van der Waals surface area contributed by atoms with E-state index >= 15 is 0 Å². The number of hydrogen-bond acceptors (Lipinski definition) is 5. The normalized spacial score (nSPS) is 24.6. The molecule has 2 aliphatic carbocycles. The van der Waals surface area contributed by atoms with Gasteiger partial charge in [0.15, 0.2) is 6.61 Å². The van der Waals surface area contributed by atoms with E-state index in [0.717, 1.165) is 29.1 Å². The first-order valence-electron chi connectivity index (χ1n) is 10.2. The van der Waals surface area contributed by atoms with Crippen molar-refractivity contribution in [3.05, 3.63) is 35.2 Å². The van der Waals surface area contributed by atoms with Crippen molar-refractivity contribution in [2.24, 2.45) is 11.8 Å². The second-order valence-corrected chi connectivity index (χ2v) is 8.30. The average Bonchev–Trinajstić information content (AvgIpc) is 3.45. The molecule has 1 aromatic rings. The fraction of sp³-hybridized carbons (Fsp3) is 0.545. The molecule has 2 fully saturated rings. The van der Waals surface area contributed by atoms with Crippen LogP contribution >= 0.6 is 0 Å². The Labute approximate surface area is 169 Å². The molecule has 1 aliphatic heterocycles. The zero-order chi connectivity index (χ0) is 20.9. The Morgan fingerprint density at radius 2 is 1.69 bits per heavy atom. The Morgan fingerprint density at radius 1 is 1.10 bits per heavy atom. The molecule has 2 heterocycles. The first-order chi connectivity index (χ1) is 13.8. The van der Waals surface area contributed by atoms with Gasteiger partial charge in [0.25, 0.3) is 0 Å². The molecule has 0 radical (unpaired) electrons. The van der Waals surface area contributed by atoms with E-state index in [1.165, 1.54) is 6.92 Å². The van der Waals surface area contributed by atoms with Crippen LogP contribution in [0.25, 0.3) is 0 Å². The van der Waals surface area contributed by atoms with Crippen molar-refractivity contribution >= 4 is 23.6 Å². The Kier molecular flexibility index (Phi) is 4.92. The minimum atomic E-state index is -1.03. The number of aryl methyl sites for hydroxylation is 1. The largest absolute Gasteiger partial charge is 0.456 e. The average molecular weight is 398 g/mol. The molecule has 4 rings (SSSR count). The van der Waals surface area contributed by atoms with E-state index in [-0.39, 0.29) is 17.6 Å². The number of nitrogens with zero attached hydrogens (tertiary/aromatic N) is 2. The number of Topliss-reactive ketones (excluding diaryl/α,β-unsaturated/α-hetero) is 1. The number of esters is 1. The van der Waals surface area contributed by atoms with Gasteiger partial charge in [0.05, 0.1) is 11.8 Å². The number of likely N-dealkylation sites (tertiary alicyclic amines) is 1. The monoisotopic (exact) mass is 398 g/mol. The zero-order valence-corrected chi connectivity index (χ0v) is 17.0. The standard InChI is InChI=1S/C22H26N2O5/c1-12-10-18(13(2)23(12)15-8-9-15)19(25)11-29-22(28)14(3)24-20(26)16-6-4-5-7-17(16)21(24)27/h4-5,10,14-17H,6-9,11H2,1-3H3/t14-,16-,17+/m0/s1. The van der Waals surface area contributed by atoms with Gasteiger partial charge >= 0.3 is 5.97 Å². The lowest BCUT2D eigenvalue weighted by molar-refractivity contribution is -0.157.